The van der Waals surface area contributed by atoms with E-state index in [9.17, 15) is 9.59 Å². The number of rotatable bonds is 3. The molecular weight excluding hydrogens is 286 g/mol. The molecule has 2 unspecified atom stereocenters. The Kier molecular flexibility index (Phi) is 4.08. The maximum Gasteiger partial charge on any atom is 0.229 e. The number of carbonyl (C=O) groups excluding carboxylic acids is 2. The lowest BCUT2D eigenvalue weighted by Crippen LogP contribution is -2.48. The third-order valence-electron chi connectivity index (χ3n) is 4.87. The highest BCUT2D eigenvalue weighted by atomic mass is 32.1. The van der Waals surface area contributed by atoms with E-state index in [-0.39, 0.29) is 23.7 Å². The zero-order valence-electron chi connectivity index (χ0n) is 12.2. The lowest BCUT2D eigenvalue weighted by atomic mass is 9.65. The Balaban J connectivity index is 1.64. The van der Waals surface area contributed by atoms with Gasteiger partial charge in [-0.2, -0.15) is 0 Å². The number of nitrogens with two attached hydrogens (primary N) is 1. The van der Waals surface area contributed by atoms with Crippen LogP contribution < -0.4 is 11.1 Å². The number of Topliss-reactive ketones (excluding diaryl/α,β-unsaturated/α-hetero) is 1. The Bertz CT molecular complexity index is 543. The summed E-state index contributed by atoms with van der Waals surface area (Å²) in [6, 6.07) is 0.270. The van der Waals surface area contributed by atoms with Gasteiger partial charge in [-0.3, -0.25) is 9.59 Å². The second kappa shape index (κ2) is 5.85. The van der Waals surface area contributed by atoms with E-state index in [1.165, 1.54) is 30.9 Å². The van der Waals surface area contributed by atoms with Gasteiger partial charge in [0.25, 0.3) is 0 Å². The fourth-order valence-electron chi connectivity index (χ4n) is 3.71. The number of nitrogens with one attached hydrogen (secondary N) is 1. The van der Waals surface area contributed by atoms with Crippen molar-refractivity contribution >= 4 is 28.2 Å². The lowest BCUT2D eigenvalue weighted by molar-refractivity contribution is -0.122. The van der Waals surface area contributed by atoms with Crippen molar-refractivity contribution in [1.29, 1.82) is 0 Å². The van der Waals surface area contributed by atoms with E-state index in [2.05, 4.69) is 10.3 Å². The van der Waals surface area contributed by atoms with E-state index in [1.807, 2.05) is 0 Å². The van der Waals surface area contributed by atoms with Crippen LogP contribution in [-0.4, -0.2) is 22.7 Å². The van der Waals surface area contributed by atoms with Crippen molar-refractivity contribution in [3.63, 3.8) is 0 Å². The van der Waals surface area contributed by atoms with E-state index in [0.29, 0.717) is 21.8 Å². The number of hydrogen-bond acceptors (Lipinski definition) is 5. The van der Waals surface area contributed by atoms with Crippen LogP contribution in [0.1, 0.15) is 48.7 Å². The van der Waals surface area contributed by atoms with Crippen molar-refractivity contribution < 1.29 is 9.59 Å². The van der Waals surface area contributed by atoms with Crippen molar-refractivity contribution in [3.8, 4) is 0 Å². The molecule has 0 aromatic carbocycles. The highest BCUT2D eigenvalue weighted by Crippen LogP contribution is 2.42. The highest BCUT2D eigenvalue weighted by Gasteiger charge is 2.40. The van der Waals surface area contributed by atoms with Gasteiger partial charge in [0.05, 0.1) is 11.1 Å². The van der Waals surface area contributed by atoms with Crippen LogP contribution >= 0.6 is 11.3 Å². The number of ketones is 1. The van der Waals surface area contributed by atoms with Crippen molar-refractivity contribution in [2.75, 3.05) is 5.32 Å². The Morgan fingerprint density at radius 3 is 2.57 bits per heavy atom. The molecular formula is C15H21N3O2S. The number of amides is 1. The summed E-state index contributed by atoms with van der Waals surface area (Å²) in [6.45, 7) is 1.50. The van der Waals surface area contributed by atoms with E-state index >= 15 is 0 Å². The first-order chi connectivity index (χ1) is 10.0. The molecule has 114 valence electrons. The molecule has 3 N–H and O–H groups in total. The first-order valence-corrected chi connectivity index (χ1v) is 8.39. The maximum absolute atomic E-state index is 12.4. The average Bonchev–Trinajstić information content (AvgIpc) is 2.87. The third-order valence-corrected chi connectivity index (χ3v) is 5.88. The molecule has 6 heteroatoms. The summed E-state index contributed by atoms with van der Waals surface area (Å²) in [5, 5.41) is 3.39. The summed E-state index contributed by atoms with van der Waals surface area (Å²) in [5.74, 6) is 1.01. The van der Waals surface area contributed by atoms with Gasteiger partial charge in [0.15, 0.2) is 10.9 Å². The van der Waals surface area contributed by atoms with E-state index in [0.717, 1.165) is 25.7 Å². The predicted octanol–water partition coefficient (Wildman–Crippen LogP) is 2.44. The number of fused-ring (bicyclic) bond motifs is 2. The maximum atomic E-state index is 12.4. The second-order valence-electron chi connectivity index (χ2n) is 6.27. The van der Waals surface area contributed by atoms with Crippen LogP contribution in [-0.2, 0) is 4.79 Å². The smallest absolute Gasteiger partial charge is 0.229 e. The number of carbonyl (C=O) groups is 2. The van der Waals surface area contributed by atoms with Crippen molar-refractivity contribution in [2.45, 2.75) is 45.1 Å². The quantitative estimate of drug-likeness (QED) is 0.840. The molecule has 1 amide bonds. The molecule has 2 atom stereocenters. The number of anilines is 1. The summed E-state index contributed by atoms with van der Waals surface area (Å²) in [4.78, 5) is 28.3. The molecule has 0 saturated heterocycles. The zero-order valence-corrected chi connectivity index (χ0v) is 13.0. The molecule has 3 rings (SSSR count). The van der Waals surface area contributed by atoms with Gasteiger partial charge in [0.2, 0.25) is 5.91 Å². The van der Waals surface area contributed by atoms with Crippen LogP contribution in [0.5, 0.6) is 0 Å². The van der Waals surface area contributed by atoms with Crippen molar-refractivity contribution in [2.24, 2.45) is 23.5 Å². The third kappa shape index (κ3) is 3.01. The number of nitrogens with zero attached hydrogens (tertiary/aromatic N) is 1. The van der Waals surface area contributed by atoms with E-state index in [1.54, 1.807) is 0 Å². The van der Waals surface area contributed by atoms with Gasteiger partial charge in [0.1, 0.15) is 0 Å². The molecule has 21 heavy (non-hydrogen) atoms. The van der Waals surface area contributed by atoms with Crippen LogP contribution in [0.15, 0.2) is 6.20 Å². The molecule has 2 saturated carbocycles. The minimum Gasteiger partial charge on any atom is -0.327 e. The molecule has 1 aromatic rings. The normalized spacial score (nSPS) is 31.7. The monoisotopic (exact) mass is 307 g/mol. The van der Waals surface area contributed by atoms with Crippen LogP contribution in [0.2, 0.25) is 0 Å². The Morgan fingerprint density at radius 2 is 2.00 bits per heavy atom. The van der Waals surface area contributed by atoms with Crippen LogP contribution in [0.3, 0.4) is 0 Å². The minimum absolute atomic E-state index is 0.0221. The highest BCUT2D eigenvalue weighted by molar-refractivity contribution is 7.17. The van der Waals surface area contributed by atoms with Crippen molar-refractivity contribution in [1.82, 2.24) is 4.98 Å². The second-order valence-corrected chi connectivity index (χ2v) is 7.30. The largest absolute Gasteiger partial charge is 0.327 e. The lowest BCUT2D eigenvalue weighted by Gasteiger charge is -2.43. The van der Waals surface area contributed by atoms with Gasteiger partial charge >= 0.3 is 0 Å². The zero-order chi connectivity index (χ0) is 15.0. The molecule has 2 aliphatic carbocycles. The van der Waals surface area contributed by atoms with Gasteiger partial charge in [-0.25, -0.2) is 4.98 Å². The molecule has 2 bridgehead atoms. The Morgan fingerprint density at radius 1 is 1.33 bits per heavy atom. The molecule has 0 radical (unpaired) electrons. The molecule has 0 spiro atoms. The molecule has 0 aliphatic heterocycles. The van der Waals surface area contributed by atoms with Crippen LogP contribution in [0.25, 0.3) is 0 Å². The minimum atomic E-state index is -0.0221. The standard InChI is InChI=1S/C15H21N3O2S/c1-8(19)12-7-17-15(21-12)18-14(20)11-5-9-3-2-4-10(6-11)13(9)16/h7,9-11,13H,2-6,16H2,1H3,(H,17,18,20). The molecule has 2 aliphatic rings. The SMILES string of the molecule is CC(=O)c1cnc(NC(=O)C2CC3CCCC(C2)C3N)s1. The summed E-state index contributed by atoms with van der Waals surface area (Å²) < 4.78 is 0. The van der Waals surface area contributed by atoms with Crippen LogP contribution in [0, 0.1) is 17.8 Å². The Hall–Kier alpha value is -1.27. The van der Waals surface area contributed by atoms with Gasteiger partial charge in [-0.15, -0.1) is 0 Å². The van der Waals surface area contributed by atoms with E-state index in [4.69, 9.17) is 5.73 Å². The van der Waals surface area contributed by atoms with Gasteiger partial charge < -0.3 is 11.1 Å². The first kappa shape index (κ1) is 14.7. The van der Waals surface area contributed by atoms with Gasteiger partial charge in [-0.05, 0) is 37.5 Å². The summed E-state index contributed by atoms with van der Waals surface area (Å²) >= 11 is 1.24. The molecule has 1 heterocycles. The van der Waals surface area contributed by atoms with Gasteiger partial charge in [-0.1, -0.05) is 17.8 Å². The summed E-state index contributed by atoms with van der Waals surface area (Å²) in [5.41, 5.74) is 6.26. The molecule has 1 aromatic heterocycles. The Labute approximate surface area is 128 Å². The topological polar surface area (TPSA) is 85.1 Å². The van der Waals surface area contributed by atoms with Gasteiger partial charge in [0, 0.05) is 18.9 Å². The average molecular weight is 307 g/mol. The first-order valence-electron chi connectivity index (χ1n) is 7.58. The number of aromatic nitrogens is 1. The number of hydrogen-bond donors (Lipinski definition) is 2. The van der Waals surface area contributed by atoms with Crippen molar-refractivity contribution in [3.05, 3.63) is 11.1 Å². The predicted molar refractivity (Wildman–Crippen MR) is 82.3 cm³/mol. The van der Waals surface area contributed by atoms with E-state index < -0.39 is 0 Å². The molecule has 5 nitrogen and oxygen atoms in total. The summed E-state index contributed by atoms with van der Waals surface area (Å²) in [7, 11) is 0. The fourth-order valence-corrected chi connectivity index (χ4v) is 4.42. The molecule has 2 fully saturated rings. The fraction of sp³-hybridized carbons (Fsp3) is 0.667. The number of thiazole rings is 1. The summed E-state index contributed by atoms with van der Waals surface area (Å²) in [6.07, 6.45) is 6.82. The van der Waals surface area contributed by atoms with Crippen LogP contribution in [0.4, 0.5) is 5.13 Å².